The molecule has 0 aliphatic heterocycles. The summed E-state index contributed by atoms with van der Waals surface area (Å²) in [6.45, 7) is 1.78. The molecule has 0 aliphatic rings. The van der Waals surface area contributed by atoms with Crippen LogP contribution >= 0.6 is 0 Å². The Morgan fingerprint density at radius 2 is 1.73 bits per heavy atom. The second kappa shape index (κ2) is 7.72. The van der Waals surface area contributed by atoms with Gasteiger partial charge >= 0.3 is 0 Å². The first-order valence-corrected chi connectivity index (χ1v) is 4.36. The summed E-state index contributed by atoms with van der Waals surface area (Å²) in [6.07, 6.45) is 3.69. The molecular formula is C11H11NO2Y-2. The Bertz CT molecular complexity index is 295. The smallest absolute Gasteiger partial charge is 0 e. The minimum atomic E-state index is -0.201. The molecule has 0 saturated heterocycles. The second-order valence-corrected chi connectivity index (χ2v) is 3.09. The van der Waals surface area contributed by atoms with Crippen LogP contribution in [0.5, 0.6) is 0 Å². The average Bonchev–Trinajstić information content (AvgIpc) is 2.21. The van der Waals surface area contributed by atoms with E-state index in [1.54, 1.807) is 6.92 Å². The predicted molar refractivity (Wildman–Crippen MR) is 52.8 cm³/mol. The van der Waals surface area contributed by atoms with Crippen molar-refractivity contribution in [3.63, 3.8) is 0 Å². The van der Waals surface area contributed by atoms with Crippen molar-refractivity contribution in [3.8, 4) is 0 Å². The van der Waals surface area contributed by atoms with Gasteiger partial charge in [-0.25, -0.2) is 0 Å². The normalized spacial score (nSPS) is 11.0. The van der Waals surface area contributed by atoms with E-state index in [4.69, 9.17) is 0 Å². The van der Waals surface area contributed by atoms with Crippen molar-refractivity contribution in [1.82, 2.24) is 4.90 Å². The van der Waals surface area contributed by atoms with E-state index < -0.39 is 0 Å². The van der Waals surface area contributed by atoms with Crippen LogP contribution in [0.25, 0.3) is 0 Å². The monoisotopic (exact) mass is 278 g/mol. The Labute approximate surface area is 115 Å². The summed E-state index contributed by atoms with van der Waals surface area (Å²) < 4.78 is 0. The van der Waals surface area contributed by atoms with E-state index in [1.807, 2.05) is 30.3 Å². The molecule has 1 rings (SSSR count). The van der Waals surface area contributed by atoms with Gasteiger partial charge in [-0.3, -0.25) is 0 Å². The molecule has 3 nitrogen and oxygen atoms in total. The van der Waals surface area contributed by atoms with Gasteiger partial charge in [-0.15, -0.1) is 0 Å². The molecule has 1 aromatic carbocycles. The first-order chi connectivity index (χ1) is 6.77. The van der Waals surface area contributed by atoms with Crippen molar-refractivity contribution in [3.05, 3.63) is 35.9 Å². The molecule has 1 aromatic rings. The van der Waals surface area contributed by atoms with Crippen LogP contribution in [0.2, 0.25) is 0 Å². The minimum Gasteiger partial charge on any atom is -0.634 e. The molecule has 0 saturated carbocycles. The SMILES string of the molecule is C[C@@H](Cc1ccccc1)N([C-]=O)[C-]=O.[Y]. The third kappa shape index (κ3) is 4.67. The summed E-state index contributed by atoms with van der Waals surface area (Å²) >= 11 is 0. The van der Waals surface area contributed by atoms with Crippen LogP contribution in [-0.4, -0.2) is 23.8 Å². The van der Waals surface area contributed by atoms with Gasteiger partial charge in [-0.1, -0.05) is 30.3 Å². The molecule has 0 aliphatic carbocycles. The number of hydrogen-bond donors (Lipinski definition) is 0. The van der Waals surface area contributed by atoms with Gasteiger partial charge in [-0.2, -0.15) is 12.8 Å². The number of hydrogen-bond acceptors (Lipinski definition) is 2. The van der Waals surface area contributed by atoms with Crippen molar-refractivity contribution in [2.45, 2.75) is 19.4 Å². The maximum atomic E-state index is 10.3. The third-order valence-electron chi connectivity index (χ3n) is 2.01. The predicted octanol–water partition coefficient (Wildman–Crippen LogP) is 1.05. The minimum absolute atomic E-state index is 0. The Morgan fingerprint density at radius 3 is 2.20 bits per heavy atom. The molecule has 1 atom stereocenters. The van der Waals surface area contributed by atoms with E-state index >= 15 is 0 Å². The summed E-state index contributed by atoms with van der Waals surface area (Å²) in [7, 11) is 0. The Hall–Kier alpha value is -0.536. The fourth-order valence-corrected chi connectivity index (χ4v) is 1.25. The van der Waals surface area contributed by atoms with Crippen LogP contribution < -0.4 is 0 Å². The molecular weight excluding hydrogens is 267 g/mol. The summed E-state index contributed by atoms with van der Waals surface area (Å²) in [5.41, 5.74) is 1.08. The van der Waals surface area contributed by atoms with Crippen LogP contribution in [0.15, 0.2) is 30.3 Å². The quantitative estimate of drug-likeness (QED) is 0.596. The molecule has 15 heavy (non-hydrogen) atoms. The Balaban J connectivity index is 0.00000196. The van der Waals surface area contributed by atoms with Gasteiger partial charge in [0.05, 0.1) is 0 Å². The fourth-order valence-electron chi connectivity index (χ4n) is 1.25. The summed E-state index contributed by atoms with van der Waals surface area (Å²) in [4.78, 5) is 21.5. The van der Waals surface area contributed by atoms with Gasteiger partial charge in [-0.05, 0) is 24.9 Å². The van der Waals surface area contributed by atoms with Crippen LogP contribution in [0.3, 0.4) is 0 Å². The van der Waals surface area contributed by atoms with Gasteiger partial charge in [0.25, 0.3) is 0 Å². The Kier molecular flexibility index (Phi) is 7.44. The molecule has 0 heterocycles. The molecule has 0 bridgehead atoms. The van der Waals surface area contributed by atoms with E-state index in [0.29, 0.717) is 6.42 Å². The molecule has 0 spiro atoms. The first kappa shape index (κ1) is 14.5. The van der Waals surface area contributed by atoms with E-state index in [9.17, 15) is 9.59 Å². The molecule has 0 unspecified atom stereocenters. The summed E-state index contributed by atoms with van der Waals surface area (Å²) in [5, 5.41) is 0. The topological polar surface area (TPSA) is 37.4 Å². The largest absolute Gasteiger partial charge is 0.634 e. The van der Waals surface area contributed by atoms with Crippen molar-refractivity contribution in [2.75, 3.05) is 0 Å². The van der Waals surface area contributed by atoms with Crippen LogP contribution in [0.1, 0.15) is 12.5 Å². The standard InChI is InChI=1S/C11H11NO2.Y/c1-10(12(8-13)9-14)7-11-5-3-2-4-6-11;/h2-6,10H,7H2,1H3;/q-2;/t10-;/m0./s1. The molecule has 0 N–H and O–H groups in total. The number of benzene rings is 1. The number of imide groups is 1. The molecule has 4 heteroatoms. The number of rotatable bonds is 5. The molecule has 0 fully saturated rings. The first-order valence-electron chi connectivity index (χ1n) is 4.36. The van der Waals surface area contributed by atoms with E-state index in [-0.39, 0.29) is 38.8 Å². The fraction of sp³-hybridized carbons (Fsp3) is 0.273. The zero-order chi connectivity index (χ0) is 10.4. The van der Waals surface area contributed by atoms with Crippen molar-refractivity contribution in [2.24, 2.45) is 0 Å². The summed E-state index contributed by atoms with van der Waals surface area (Å²) in [6, 6.07) is 9.45. The van der Waals surface area contributed by atoms with Gasteiger partial charge in [0.15, 0.2) is 0 Å². The van der Waals surface area contributed by atoms with Crippen LogP contribution in [0.4, 0.5) is 0 Å². The van der Waals surface area contributed by atoms with Crippen molar-refractivity contribution in [1.29, 1.82) is 0 Å². The van der Waals surface area contributed by atoms with Gasteiger partial charge in [0, 0.05) is 32.7 Å². The number of amides is 2. The van der Waals surface area contributed by atoms with E-state index in [1.165, 1.54) is 12.8 Å². The maximum absolute atomic E-state index is 10.3. The Morgan fingerprint density at radius 1 is 1.20 bits per heavy atom. The second-order valence-electron chi connectivity index (χ2n) is 3.09. The number of carbonyl (C=O) groups excluding carboxylic acids is 2. The van der Waals surface area contributed by atoms with Crippen molar-refractivity contribution < 1.29 is 42.3 Å². The average molecular weight is 278 g/mol. The van der Waals surface area contributed by atoms with E-state index in [0.717, 1.165) is 10.5 Å². The molecule has 2 amide bonds. The third-order valence-corrected chi connectivity index (χ3v) is 2.01. The van der Waals surface area contributed by atoms with Gasteiger partial charge < -0.3 is 14.5 Å². The number of nitrogens with zero attached hydrogens (tertiary/aromatic N) is 1. The van der Waals surface area contributed by atoms with Gasteiger partial charge in [0.1, 0.15) is 0 Å². The summed E-state index contributed by atoms with van der Waals surface area (Å²) in [5.74, 6) is 0. The zero-order valence-corrected chi connectivity index (χ0v) is 11.4. The van der Waals surface area contributed by atoms with Gasteiger partial charge in [0.2, 0.25) is 0 Å². The van der Waals surface area contributed by atoms with Crippen molar-refractivity contribution >= 4 is 12.8 Å². The zero-order valence-electron chi connectivity index (χ0n) is 8.51. The molecule has 0 aromatic heterocycles. The molecule has 1 radical (unpaired) electrons. The maximum Gasteiger partial charge on any atom is 0 e. The van der Waals surface area contributed by atoms with E-state index in [2.05, 4.69) is 0 Å². The molecule has 77 valence electrons. The van der Waals surface area contributed by atoms with Crippen LogP contribution in [-0.2, 0) is 48.7 Å². The van der Waals surface area contributed by atoms with Crippen LogP contribution in [0, 0.1) is 0 Å².